The molecular formula is C11H17NO2. The number of anilines is 1. The standard InChI is InChI=1S/C11H17NO2/c1-11(2,3)14-9-7-5-6-8(13-4)10(9)12/h5-7H,12H2,1-4H3. The number of hydrogen-bond acceptors (Lipinski definition) is 3. The quantitative estimate of drug-likeness (QED) is 0.737. The summed E-state index contributed by atoms with van der Waals surface area (Å²) >= 11 is 0. The third kappa shape index (κ3) is 2.55. The summed E-state index contributed by atoms with van der Waals surface area (Å²) < 4.78 is 10.8. The predicted octanol–water partition coefficient (Wildman–Crippen LogP) is 2.45. The van der Waals surface area contributed by atoms with E-state index in [-0.39, 0.29) is 5.60 Å². The van der Waals surface area contributed by atoms with Gasteiger partial charge in [0, 0.05) is 0 Å². The maximum atomic E-state index is 5.85. The molecule has 1 aromatic rings. The molecular weight excluding hydrogens is 178 g/mol. The third-order valence-electron chi connectivity index (χ3n) is 1.66. The van der Waals surface area contributed by atoms with Crippen molar-refractivity contribution in [1.29, 1.82) is 0 Å². The van der Waals surface area contributed by atoms with Gasteiger partial charge < -0.3 is 15.2 Å². The molecule has 0 aromatic heterocycles. The van der Waals surface area contributed by atoms with Crippen molar-refractivity contribution >= 4 is 5.69 Å². The fraction of sp³-hybridized carbons (Fsp3) is 0.455. The van der Waals surface area contributed by atoms with Crippen molar-refractivity contribution in [1.82, 2.24) is 0 Å². The van der Waals surface area contributed by atoms with Gasteiger partial charge in [-0.1, -0.05) is 6.07 Å². The summed E-state index contributed by atoms with van der Waals surface area (Å²) in [4.78, 5) is 0. The Morgan fingerprint density at radius 3 is 2.21 bits per heavy atom. The van der Waals surface area contributed by atoms with E-state index in [0.717, 1.165) is 0 Å². The number of nitrogens with two attached hydrogens (primary N) is 1. The molecule has 0 radical (unpaired) electrons. The van der Waals surface area contributed by atoms with E-state index in [9.17, 15) is 0 Å². The van der Waals surface area contributed by atoms with Crippen LogP contribution in [0.3, 0.4) is 0 Å². The van der Waals surface area contributed by atoms with Gasteiger partial charge in [-0.05, 0) is 32.9 Å². The maximum Gasteiger partial charge on any atom is 0.146 e. The van der Waals surface area contributed by atoms with E-state index in [4.69, 9.17) is 15.2 Å². The van der Waals surface area contributed by atoms with Crippen molar-refractivity contribution < 1.29 is 9.47 Å². The van der Waals surface area contributed by atoms with Gasteiger partial charge in [0.05, 0.1) is 7.11 Å². The van der Waals surface area contributed by atoms with Gasteiger partial charge in [-0.25, -0.2) is 0 Å². The first-order valence-electron chi connectivity index (χ1n) is 4.55. The van der Waals surface area contributed by atoms with Gasteiger partial charge in [-0.2, -0.15) is 0 Å². The Labute approximate surface area is 84.8 Å². The fourth-order valence-electron chi connectivity index (χ4n) is 1.12. The van der Waals surface area contributed by atoms with E-state index in [2.05, 4.69) is 0 Å². The van der Waals surface area contributed by atoms with Crippen LogP contribution in [0, 0.1) is 0 Å². The highest BCUT2D eigenvalue weighted by atomic mass is 16.5. The minimum Gasteiger partial charge on any atom is -0.494 e. The van der Waals surface area contributed by atoms with Crippen LogP contribution in [-0.4, -0.2) is 12.7 Å². The zero-order valence-corrected chi connectivity index (χ0v) is 9.13. The molecule has 2 N–H and O–H groups in total. The molecule has 1 aromatic carbocycles. The normalized spacial score (nSPS) is 11.1. The molecule has 0 aliphatic rings. The van der Waals surface area contributed by atoms with E-state index < -0.39 is 0 Å². The van der Waals surface area contributed by atoms with Crippen molar-refractivity contribution in [2.24, 2.45) is 0 Å². The lowest BCUT2D eigenvalue weighted by Crippen LogP contribution is -2.23. The molecule has 0 heterocycles. The number of rotatable bonds is 2. The van der Waals surface area contributed by atoms with Crippen LogP contribution in [0.15, 0.2) is 18.2 Å². The van der Waals surface area contributed by atoms with Gasteiger partial charge in [0.15, 0.2) is 0 Å². The fourth-order valence-corrected chi connectivity index (χ4v) is 1.12. The van der Waals surface area contributed by atoms with Crippen molar-refractivity contribution in [2.45, 2.75) is 26.4 Å². The minimum absolute atomic E-state index is 0.250. The molecule has 78 valence electrons. The summed E-state index contributed by atoms with van der Waals surface area (Å²) in [5, 5.41) is 0. The second kappa shape index (κ2) is 3.78. The van der Waals surface area contributed by atoms with Crippen LogP contribution >= 0.6 is 0 Å². The molecule has 3 nitrogen and oxygen atoms in total. The number of methoxy groups -OCH3 is 1. The van der Waals surface area contributed by atoms with Gasteiger partial charge in [0.1, 0.15) is 22.8 Å². The molecule has 0 aliphatic carbocycles. The van der Waals surface area contributed by atoms with Gasteiger partial charge in [0.2, 0.25) is 0 Å². The second-order valence-corrected chi connectivity index (χ2v) is 4.09. The Bertz CT molecular complexity index is 316. The third-order valence-corrected chi connectivity index (χ3v) is 1.66. The van der Waals surface area contributed by atoms with E-state index in [0.29, 0.717) is 17.2 Å². The first kappa shape index (κ1) is 10.7. The zero-order valence-electron chi connectivity index (χ0n) is 9.13. The molecule has 0 saturated heterocycles. The average Bonchev–Trinajstić information content (AvgIpc) is 2.06. The van der Waals surface area contributed by atoms with Crippen molar-refractivity contribution in [2.75, 3.05) is 12.8 Å². The van der Waals surface area contributed by atoms with Crippen LogP contribution in [0.25, 0.3) is 0 Å². The number of benzene rings is 1. The summed E-state index contributed by atoms with van der Waals surface area (Å²) in [6, 6.07) is 5.50. The van der Waals surface area contributed by atoms with Crippen molar-refractivity contribution in [3.8, 4) is 11.5 Å². The smallest absolute Gasteiger partial charge is 0.146 e. The highest BCUT2D eigenvalue weighted by molar-refractivity contribution is 5.62. The Kier molecular flexibility index (Phi) is 2.89. The molecule has 0 spiro atoms. The highest BCUT2D eigenvalue weighted by Crippen LogP contribution is 2.32. The summed E-state index contributed by atoms with van der Waals surface area (Å²) in [5.41, 5.74) is 6.15. The zero-order chi connectivity index (χ0) is 10.8. The molecule has 0 aliphatic heterocycles. The van der Waals surface area contributed by atoms with Crippen LogP contribution in [0.4, 0.5) is 5.69 Å². The maximum absolute atomic E-state index is 5.85. The number of ether oxygens (including phenoxy) is 2. The molecule has 0 saturated carbocycles. The lowest BCUT2D eigenvalue weighted by atomic mass is 10.2. The molecule has 0 unspecified atom stereocenters. The summed E-state index contributed by atoms with van der Waals surface area (Å²) in [6.45, 7) is 5.93. The van der Waals surface area contributed by atoms with Crippen LogP contribution < -0.4 is 15.2 Å². The first-order valence-corrected chi connectivity index (χ1v) is 4.55. The van der Waals surface area contributed by atoms with Gasteiger partial charge in [-0.3, -0.25) is 0 Å². The topological polar surface area (TPSA) is 44.5 Å². The number of hydrogen-bond donors (Lipinski definition) is 1. The molecule has 1 rings (SSSR count). The van der Waals surface area contributed by atoms with Crippen LogP contribution in [0.2, 0.25) is 0 Å². The Morgan fingerprint density at radius 1 is 1.14 bits per heavy atom. The van der Waals surface area contributed by atoms with Gasteiger partial charge in [0.25, 0.3) is 0 Å². The summed E-state index contributed by atoms with van der Waals surface area (Å²) in [5.74, 6) is 1.31. The van der Waals surface area contributed by atoms with Crippen molar-refractivity contribution in [3.63, 3.8) is 0 Å². The van der Waals surface area contributed by atoms with Crippen LogP contribution in [-0.2, 0) is 0 Å². The largest absolute Gasteiger partial charge is 0.494 e. The lowest BCUT2D eigenvalue weighted by Gasteiger charge is -2.22. The molecule has 0 amide bonds. The Morgan fingerprint density at radius 2 is 1.71 bits per heavy atom. The molecule has 0 atom stereocenters. The van der Waals surface area contributed by atoms with E-state index in [1.807, 2.05) is 39.0 Å². The number of nitrogen functional groups attached to an aromatic ring is 1. The summed E-state index contributed by atoms with van der Waals surface area (Å²) in [7, 11) is 1.59. The molecule has 0 fully saturated rings. The van der Waals surface area contributed by atoms with E-state index in [1.54, 1.807) is 7.11 Å². The number of para-hydroxylation sites is 1. The Hall–Kier alpha value is -1.38. The monoisotopic (exact) mass is 195 g/mol. The van der Waals surface area contributed by atoms with Gasteiger partial charge in [-0.15, -0.1) is 0 Å². The van der Waals surface area contributed by atoms with Gasteiger partial charge >= 0.3 is 0 Å². The molecule has 0 bridgehead atoms. The average molecular weight is 195 g/mol. The molecule has 14 heavy (non-hydrogen) atoms. The molecule has 3 heteroatoms. The summed E-state index contributed by atoms with van der Waals surface area (Å²) in [6.07, 6.45) is 0. The van der Waals surface area contributed by atoms with E-state index in [1.165, 1.54) is 0 Å². The second-order valence-electron chi connectivity index (χ2n) is 4.09. The van der Waals surface area contributed by atoms with Crippen LogP contribution in [0.5, 0.6) is 11.5 Å². The van der Waals surface area contributed by atoms with Crippen molar-refractivity contribution in [3.05, 3.63) is 18.2 Å². The van der Waals surface area contributed by atoms with E-state index >= 15 is 0 Å². The van der Waals surface area contributed by atoms with Crippen LogP contribution in [0.1, 0.15) is 20.8 Å². The first-order chi connectivity index (χ1) is 6.44. The SMILES string of the molecule is COc1cccc(OC(C)(C)C)c1N. The Balaban J connectivity index is 2.98. The minimum atomic E-state index is -0.250. The highest BCUT2D eigenvalue weighted by Gasteiger charge is 2.15. The lowest BCUT2D eigenvalue weighted by molar-refractivity contribution is 0.131. The predicted molar refractivity (Wildman–Crippen MR) is 57.8 cm³/mol.